The molecule has 0 aliphatic carbocycles. The van der Waals surface area contributed by atoms with Gasteiger partial charge in [0, 0.05) is 0 Å². The van der Waals surface area contributed by atoms with Gasteiger partial charge in [-0.1, -0.05) is 0 Å². The summed E-state index contributed by atoms with van der Waals surface area (Å²) in [6.45, 7) is 3.77. The Bertz CT molecular complexity index is 244. The Labute approximate surface area is 73.2 Å². The lowest BCUT2D eigenvalue weighted by atomic mass is 10.0. The maximum atomic E-state index is 8.92. The molecule has 0 bridgehead atoms. The summed E-state index contributed by atoms with van der Waals surface area (Å²) in [5.74, 6) is 0. The van der Waals surface area contributed by atoms with Crippen molar-refractivity contribution in [3.05, 3.63) is 0 Å². The second-order valence-electron chi connectivity index (χ2n) is 3.83. The molecule has 0 saturated carbocycles. The van der Waals surface area contributed by atoms with Crippen molar-refractivity contribution in [2.45, 2.75) is 37.8 Å². The zero-order valence-electron chi connectivity index (χ0n) is 7.76. The van der Waals surface area contributed by atoms with E-state index in [9.17, 15) is 0 Å². The van der Waals surface area contributed by atoms with E-state index in [1.54, 1.807) is 0 Å². The van der Waals surface area contributed by atoms with Crippen LogP contribution in [0.2, 0.25) is 0 Å². The van der Waals surface area contributed by atoms with E-state index in [0.29, 0.717) is 0 Å². The SMILES string of the molecule is CN1[C@](C)(C#N)CC[C@@]1(C)C#N. The Morgan fingerprint density at radius 2 is 1.42 bits per heavy atom. The molecule has 12 heavy (non-hydrogen) atoms. The summed E-state index contributed by atoms with van der Waals surface area (Å²) in [6.07, 6.45) is 1.56. The summed E-state index contributed by atoms with van der Waals surface area (Å²) < 4.78 is 0. The molecule has 1 saturated heterocycles. The van der Waals surface area contributed by atoms with Gasteiger partial charge in [-0.2, -0.15) is 10.5 Å². The van der Waals surface area contributed by atoms with E-state index < -0.39 is 11.1 Å². The Morgan fingerprint density at radius 1 is 1.08 bits per heavy atom. The quantitative estimate of drug-likeness (QED) is 0.540. The fourth-order valence-corrected chi connectivity index (χ4v) is 1.63. The van der Waals surface area contributed by atoms with Crippen molar-refractivity contribution >= 4 is 0 Å². The standard InChI is InChI=1S/C9H13N3/c1-8(6-10)4-5-9(2,7-11)12(8)3/h4-5H2,1-3H3/t8-,9-/m0/s1. The highest BCUT2D eigenvalue weighted by Gasteiger charge is 2.48. The summed E-state index contributed by atoms with van der Waals surface area (Å²) in [5, 5.41) is 17.8. The fourth-order valence-electron chi connectivity index (χ4n) is 1.63. The molecule has 3 nitrogen and oxygen atoms in total. The van der Waals surface area contributed by atoms with Gasteiger partial charge in [0.1, 0.15) is 11.1 Å². The third-order valence-corrected chi connectivity index (χ3v) is 3.06. The first kappa shape index (κ1) is 9.03. The minimum atomic E-state index is -0.454. The lowest BCUT2D eigenvalue weighted by molar-refractivity contribution is 0.166. The van der Waals surface area contributed by atoms with Crippen molar-refractivity contribution in [1.82, 2.24) is 4.90 Å². The van der Waals surface area contributed by atoms with E-state index >= 15 is 0 Å². The number of hydrogen-bond donors (Lipinski definition) is 0. The number of likely N-dealkylation sites (tertiary alicyclic amines) is 1. The van der Waals surface area contributed by atoms with Crippen LogP contribution in [0.15, 0.2) is 0 Å². The van der Waals surface area contributed by atoms with Crippen LogP contribution < -0.4 is 0 Å². The molecule has 1 heterocycles. The third-order valence-electron chi connectivity index (χ3n) is 3.06. The molecule has 0 aromatic rings. The van der Waals surface area contributed by atoms with E-state index in [4.69, 9.17) is 10.5 Å². The van der Waals surface area contributed by atoms with Crippen molar-refractivity contribution in [3.63, 3.8) is 0 Å². The lowest BCUT2D eigenvalue weighted by Gasteiger charge is -2.32. The maximum absolute atomic E-state index is 8.92. The van der Waals surface area contributed by atoms with Gasteiger partial charge >= 0.3 is 0 Å². The molecule has 1 aliphatic heterocycles. The normalized spacial score (nSPS) is 42.1. The molecule has 0 spiro atoms. The molecule has 3 heteroatoms. The summed E-state index contributed by atoms with van der Waals surface area (Å²) in [7, 11) is 1.85. The predicted octanol–water partition coefficient (Wildman–Crippen LogP) is 1.28. The van der Waals surface area contributed by atoms with Crippen LogP contribution >= 0.6 is 0 Å². The van der Waals surface area contributed by atoms with Crippen molar-refractivity contribution in [1.29, 1.82) is 10.5 Å². The first-order chi connectivity index (χ1) is 5.48. The van der Waals surface area contributed by atoms with E-state index in [1.807, 2.05) is 25.8 Å². The maximum Gasteiger partial charge on any atom is 0.107 e. The van der Waals surface area contributed by atoms with Gasteiger partial charge in [0.05, 0.1) is 12.1 Å². The predicted molar refractivity (Wildman–Crippen MR) is 45.0 cm³/mol. The largest absolute Gasteiger partial charge is 0.271 e. The average Bonchev–Trinajstić information content (AvgIpc) is 2.32. The zero-order chi connectivity index (χ0) is 9.41. The van der Waals surface area contributed by atoms with Crippen LogP contribution in [-0.2, 0) is 0 Å². The van der Waals surface area contributed by atoms with E-state index in [-0.39, 0.29) is 0 Å². The lowest BCUT2D eigenvalue weighted by Crippen LogP contribution is -2.46. The molecule has 64 valence electrons. The Morgan fingerprint density at radius 3 is 1.58 bits per heavy atom. The van der Waals surface area contributed by atoms with Crippen LogP contribution in [0.25, 0.3) is 0 Å². The molecule has 1 fully saturated rings. The number of hydrogen-bond acceptors (Lipinski definition) is 3. The number of rotatable bonds is 0. The van der Waals surface area contributed by atoms with Gasteiger partial charge in [-0.25, -0.2) is 0 Å². The number of nitriles is 2. The second-order valence-corrected chi connectivity index (χ2v) is 3.83. The molecule has 1 aliphatic rings. The monoisotopic (exact) mass is 163 g/mol. The van der Waals surface area contributed by atoms with Crippen LogP contribution in [0.1, 0.15) is 26.7 Å². The molecule has 0 aromatic heterocycles. The second kappa shape index (κ2) is 2.47. The molecule has 0 N–H and O–H groups in total. The molecule has 1 rings (SSSR count). The Kier molecular flexibility index (Phi) is 1.86. The summed E-state index contributed by atoms with van der Waals surface area (Å²) in [4.78, 5) is 1.88. The van der Waals surface area contributed by atoms with Crippen molar-refractivity contribution in [2.24, 2.45) is 0 Å². The molecule has 0 aromatic carbocycles. The molecule has 0 radical (unpaired) electrons. The first-order valence-corrected chi connectivity index (χ1v) is 4.05. The third kappa shape index (κ3) is 0.983. The van der Waals surface area contributed by atoms with Gasteiger partial charge in [-0.3, -0.25) is 4.90 Å². The van der Waals surface area contributed by atoms with Gasteiger partial charge in [-0.15, -0.1) is 0 Å². The van der Waals surface area contributed by atoms with Gasteiger partial charge in [0.25, 0.3) is 0 Å². The van der Waals surface area contributed by atoms with Crippen molar-refractivity contribution < 1.29 is 0 Å². The van der Waals surface area contributed by atoms with Crippen LogP contribution in [0.5, 0.6) is 0 Å². The minimum Gasteiger partial charge on any atom is -0.271 e. The summed E-state index contributed by atoms with van der Waals surface area (Å²) in [5.41, 5.74) is -0.908. The van der Waals surface area contributed by atoms with Crippen LogP contribution in [0.4, 0.5) is 0 Å². The zero-order valence-corrected chi connectivity index (χ0v) is 7.76. The minimum absolute atomic E-state index is 0.454. The first-order valence-electron chi connectivity index (χ1n) is 4.05. The molecule has 0 unspecified atom stereocenters. The van der Waals surface area contributed by atoms with Crippen LogP contribution in [0, 0.1) is 22.7 Å². The molecular weight excluding hydrogens is 150 g/mol. The van der Waals surface area contributed by atoms with E-state index in [2.05, 4.69) is 12.1 Å². The van der Waals surface area contributed by atoms with Gasteiger partial charge in [0.15, 0.2) is 0 Å². The smallest absolute Gasteiger partial charge is 0.107 e. The highest BCUT2D eigenvalue weighted by Crippen LogP contribution is 2.38. The summed E-state index contributed by atoms with van der Waals surface area (Å²) in [6, 6.07) is 4.51. The Balaban J connectivity index is 2.98. The van der Waals surface area contributed by atoms with Crippen molar-refractivity contribution in [3.8, 4) is 12.1 Å². The molecule has 0 amide bonds. The molecule has 2 atom stereocenters. The van der Waals surface area contributed by atoms with Gasteiger partial charge < -0.3 is 0 Å². The Hall–Kier alpha value is -1.06. The van der Waals surface area contributed by atoms with E-state index in [0.717, 1.165) is 12.8 Å². The van der Waals surface area contributed by atoms with Gasteiger partial charge in [0.2, 0.25) is 0 Å². The van der Waals surface area contributed by atoms with Crippen molar-refractivity contribution in [2.75, 3.05) is 7.05 Å². The molecular formula is C9H13N3. The van der Waals surface area contributed by atoms with Crippen LogP contribution in [0.3, 0.4) is 0 Å². The average molecular weight is 163 g/mol. The fraction of sp³-hybridized carbons (Fsp3) is 0.778. The summed E-state index contributed by atoms with van der Waals surface area (Å²) >= 11 is 0. The highest BCUT2D eigenvalue weighted by atomic mass is 15.3. The van der Waals surface area contributed by atoms with E-state index in [1.165, 1.54) is 0 Å². The van der Waals surface area contributed by atoms with Gasteiger partial charge in [-0.05, 0) is 33.7 Å². The number of nitrogens with zero attached hydrogens (tertiary/aromatic N) is 3. The topological polar surface area (TPSA) is 50.8 Å². The highest BCUT2D eigenvalue weighted by molar-refractivity contribution is 5.20. The van der Waals surface area contributed by atoms with Crippen LogP contribution in [-0.4, -0.2) is 23.0 Å².